The topological polar surface area (TPSA) is 98.7 Å². The Morgan fingerprint density at radius 1 is 1.15 bits per heavy atom. The monoisotopic (exact) mass is 537 g/mol. The highest BCUT2D eigenvalue weighted by Gasteiger charge is 2.35. The molecule has 2 amide bonds. The quantitative estimate of drug-likeness (QED) is 0.417. The van der Waals surface area contributed by atoms with Gasteiger partial charge in [0, 0.05) is 56.1 Å². The van der Waals surface area contributed by atoms with Gasteiger partial charge in [0.1, 0.15) is 11.3 Å². The van der Waals surface area contributed by atoms with E-state index in [1.807, 2.05) is 47.1 Å². The van der Waals surface area contributed by atoms with Gasteiger partial charge in [-0.2, -0.15) is 5.26 Å². The van der Waals surface area contributed by atoms with Crippen molar-refractivity contribution in [1.82, 2.24) is 29.1 Å². The van der Waals surface area contributed by atoms with Crippen LogP contribution in [0, 0.1) is 11.3 Å². The summed E-state index contributed by atoms with van der Waals surface area (Å²) in [5, 5.41) is 14.0. The Morgan fingerprint density at radius 2 is 1.98 bits per heavy atom. The van der Waals surface area contributed by atoms with Crippen LogP contribution in [0.4, 0.5) is 9.18 Å². The van der Waals surface area contributed by atoms with Gasteiger partial charge in [-0.3, -0.25) is 9.20 Å². The lowest BCUT2D eigenvalue weighted by Crippen LogP contribution is -2.49. The van der Waals surface area contributed by atoms with Crippen LogP contribution in [-0.4, -0.2) is 67.4 Å². The molecule has 9 nitrogen and oxygen atoms in total. The number of nitriles is 1. The largest absolute Gasteiger partial charge is 0.375 e. The molecular weight excluding hydrogens is 509 g/mol. The maximum absolute atomic E-state index is 14.4. The van der Waals surface area contributed by atoms with E-state index >= 15 is 0 Å². The Kier molecular flexibility index (Phi) is 5.46. The van der Waals surface area contributed by atoms with Gasteiger partial charge in [0.05, 0.1) is 46.9 Å². The number of piperidine rings is 1. The van der Waals surface area contributed by atoms with Crippen molar-refractivity contribution >= 4 is 39.6 Å². The fraction of sp³-hybridized carbons (Fsp3) is 0.333. The van der Waals surface area contributed by atoms with Crippen LogP contribution in [0.15, 0.2) is 48.9 Å². The molecule has 1 aromatic carbocycles. The molecule has 0 unspecified atom stereocenters. The van der Waals surface area contributed by atoms with Crippen molar-refractivity contribution in [3.8, 4) is 6.07 Å². The lowest BCUT2D eigenvalue weighted by Gasteiger charge is -2.37. The SMILES string of the molecule is CC1(F)CCN(C(=O)N2CCn3cc(C4=C(c5cnc6ccccn56)NCC4=O)c4cc(C#N)cc(c43)C2)CC1. The number of urea groups is 1. The Labute approximate surface area is 230 Å². The summed E-state index contributed by atoms with van der Waals surface area (Å²) in [6.45, 7) is 3.89. The van der Waals surface area contributed by atoms with Crippen LogP contribution in [0.3, 0.4) is 0 Å². The molecule has 1 N–H and O–H groups in total. The third-order valence-corrected chi connectivity index (χ3v) is 8.40. The number of rotatable bonds is 2. The normalized spacial score (nSPS) is 18.8. The highest BCUT2D eigenvalue weighted by Crippen LogP contribution is 2.38. The summed E-state index contributed by atoms with van der Waals surface area (Å²) in [5.74, 6) is -0.0253. The molecule has 0 bridgehead atoms. The third-order valence-electron chi connectivity index (χ3n) is 8.40. The molecule has 6 heterocycles. The van der Waals surface area contributed by atoms with Crippen molar-refractivity contribution in [2.45, 2.75) is 38.5 Å². The van der Waals surface area contributed by atoms with Crippen LogP contribution in [0.2, 0.25) is 0 Å². The highest BCUT2D eigenvalue weighted by atomic mass is 19.1. The van der Waals surface area contributed by atoms with E-state index in [-0.39, 0.29) is 18.4 Å². The van der Waals surface area contributed by atoms with Crippen LogP contribution in [-0.2, 0) is 17.9 Å². The summed E-state index contributed by atoms with van der Waals surface area (Å²) >= 11 is 0. The predicted octanol–water partition coefficient (Wildman–Crippen LogP) is 3.96. The first-order valence-electron chi connectivity index (χ1n) is 13.6. The number of imidazole rings is 1. The molecular formula is C30H28FN7O2. The molecule has 40 heavy (non-hydrogen) atoms. The number of fused-ring (bicyclic) bond motifs is 1. The number of amides is 2. The van der Waals surface area contributed by atoms with Gasteiger partial charge >= 0.3 is 6.03 Å². The number of nitrogens with one attached hydrogen (secondary N) is 1. The Hall–Kier alpha value is -4.65. The maximum Gasteiger partial charge on any atom is 0.320 e. The summed E-state index contributed by atoms with van der Waals surface area (Å²) in [6, 6.07) is 11.6. The van der Waals surface area contributed by atoms with Crippen LogP contribution in [0.25, 0.3) is 27.8 Å². The zero-order valence-corrected chi connectivity index (χ0v) is 22.2. The molecule has 3 aliphatic rings. The van der Waals surface area contributed by atoms with Gasteiger partial charge in [-0.25, -0.2) is 14.2 Å². The second-order valence-corrected chi connectivity index (χ2v) is 11.1. The number of Topliss-reactive ketones (excluding diaryl/α,β-unsaturated/α-hetero) is 1. The second-order valence-electron chi connectivity index (χ2n) is 11.1. The average molecular weight is 538 g/mol. The smallest absolute Gasteiger partial charge is 0.320 e. The first-order chi connectivity index (χ1) is 19.3. The summed E-state index contributed by atoms with van der Waals surface area (Å²) < 4.78 is 18.4. The number of hydrogen-bond donors (Lipinski definition) is 1. The first-order valence-corrected chi connectivity index (χ1v) is 13.6. The van der Waals surface area contributed by atoms with Crippen molar-refractivity contribution in [1.29, 1.82) is 5.26 Å². The lowest BCUT2D eigenvalue weighted by atomic mass is 9.96. The number of alkyl halides is 1. The van der Waals surface area contributed by atoms with Gasteiger partial charge in [0.2, 0.25) is 0 Å². The van der Waals surface area contributed by atoms with Crippen molar-refractivity contribution in [2.75, 3.05) is 26.2 Å². The first kappa shape index (κ1) is 24.4. The number of benzene rings is 1. The minimum atomic E-state index is -1.24. The van der Waals surface area contributed by atoms with Gasteiger partial charge in [-0.1, -0.05) is 6.07 Å². The van der Waals surface area contributed by atoms with E-state index in [1.54, 1.807) is 22.9 Å². The molecule has 7 rings (SSSR count). The van der Waals surface area contributed by atoms with E-state index in [4.69, 9.17) is 0 Å². The van der Waals surface area contributed by atoms with E-state index in [0.29, 0.717) is 62.4 Å². The molecule has 0 atom stereocenters. The number of halogens is 1. The lowest BCUT2D eigenvalue weighted by molar-refractivity contribution is -0.112. The summed E-state index contributed by atoms with van der Waals surface area (Å²) in [4.78, 5) is 34.8. The number of hydrogen-bond acceptors (Lipinski definition) is 5. The van der Waals surface area contributed by atoms with Gasteiger partial charge in [-0.15, -0.1) is 0 Å². The molecule has 0 saturated carbocycles. The standard InChI is InChI=1S/C30H28FN7O2/c1-30(31)5-8-35(9-6-30)29(40)37-11-10-36-18-22(21-13-19(14-32)12-20(17-37)28(21)36)26-24(39)16-34-27(26)23-15-33-25-4-2-3-7-38(23)25/h2-4,7,12-13,15,18,34H,5-6,8-11,16-17H2,1H3. The number of likely N-dealkylation sites (tertiary alicyclic amines) is 1. The third kappa shape index (κ3) is 3.84. The molecule has 10 heteroatoms. The minimum Gasteiger partial charge on any atom is -0.375 e. The van der Waals surface area contributed by atoms with Crippen LogP contribution in [0.1, 0.15) is 42.1 Å². The van der Waals surface area contributed by atoms with Gasteiger partial charge in [-0.05, 0) is 49.6 Å². The van der Waals surface area contributed by atoms with E-state index in [1.165, 1.54) is 0 Å². The number of ketones is 1. The molecule has 4 aromatic rings. The summed E-state index contributed by atoms with van der Waals surface area (Å²) in [5.41, 5.74) is 4.64. The van der Waals surface area contributed by atoms with E-state index in [0.717, 1.165) is 33.4 Å². The molecule has 1 fully saturated rings. The Bertz CT molecular complexity index is 1780. The molecule has 0 spiro atoms. The number of carbonyl (C=O) groups is 2. The predicted molar refractivity (Wildman–Crippen MR) is 148 cm³/mol. The molecule has 0 radical (unpaired) electrons. The average Bonchev–Trinajstić information content (AvgIpc) is 3.61. The second kappa shape index (κ2) is 8.95. The van der Waals surface area contributed by atoms with Crippen molar-refractivity contribution in [3.05, 3.63) is 71.3 Å². The number of carbonyl (C=O) groups excluding carboxylic acids is 2. The minimum absolute atomic E-state index is 0.0253. The maximum atomic E-state index is 14.4. The molecule has 1 saturated heterocycles. The number of nitrogens with zero attached hydrogens (tertiary/aromatic N) is 6. The zero-order valence-electron chi connectivity index (χ0n) is 22.2. The van der Waals surface area contributed by atoms with Crippen molar-refractivity contribution < 1.29 is 14.0 Å². The summed E-state index contributed by atoms with van der Waals surface area (Å²) in [6.07, 6.45) is 6.32. The molecule has 3 aromatic heterocycles. The number of pyridine rings is 1. The van der Waals surface area contributed by atoms with Crippen molar-refractivity contribution in [2.24, 2.45) is 0 Å². The fourth-order valence-corrected chi connectivity index (χ4v) is 6.24. The molecule has 3 aliphatic heterocycles. The van der Waals surface area contributed by atoms with Crippen molar-refractivity contribution in [3.63, 3.8) is 0 Å². The Morgan fingerprint density at radius 3 is 2.77 bits per heavy atom. The fourth-order valence-electron chi connectivity index (χ4n) is 6.24. The van der Waals surface area contributed by atoms with Gasteiger partial charge in [0.25, 0.3) is 0 Å². The number of aromatic nitrogens is 3. The van der Waals surface area contributed by atoms with E-state index in [9.17, 15) is 19.2 Å². The van der Waals surface area contributed by atoms with Crippen LogP contribution < -0.4 is 5.32 Å². The molecule has 0 aliphatic carbocycles. The van der Waals surface area contributed by atoms with E-state index < -0.39 is 5.67 Å². The van der Waals surface area contributed by atoms with Gasteiger partial charge in [0.15, 0.2) is 5.78 Å². The van der Waals surface area contributed by atoms with Gasteiger partial charge < -0.3 is 19.7 Å². The van der Waals surface area contributed by atoms with Crippen LogP contribution >= 0.6 is 0 Å². The highest BCUT2D eigenvalue weighted by molar-refractivity contribution is 6.33. The van der Waals surface area contributed by atoms with Crippen LogP contribution in [0.5, 0.6) is 0 Å². The molecule has 202 valence electrons. The zero-order chi connectivity index (χ0) is 27.6. The van der Waals surface area contributed by atoms with E-state index in [2.05, 4.69) is 20.9 Å². The summed E-state index contributed by atoms with van der Waals surface area (Å²) in [7, 11) is 0. The Balaban J connectivity index is 1.32.